The van der Waals surface area contributed by atoms with Gasteiger partial charge in [-0.3, -0.25) is 4.79 Å². The number of phenolic OH excluding ortho intramolecular Hbond substituents is 1. The number of hydrogen-bond acceptors (Lipinski definition) is 3. The molecule has 94 valence electrons. The Hall–Kier alpha value is -2.26. The molecule has 1 aromatic heterocycles. The molecular weight excluding hydrogens is 264 g/mol. The standard InChI is InChI=1S/C15H9ClO3/c16-13-14(18)11-7-6-10(17)8-12(11)19-15(13)9-4-2-1-3-5-9/h1-8,17H. The molecule has 3 rings (SSSR count). The first kappa shape index (κ1) is 11.8. The van der Waals surface area contributed by atoms with E-state index >= 15 is 0 Å². The van der Waals surface area contributed by atoms with Gasteiger partial charge in [-0.15, -0.1) is 0 Å². The molecule has 0 amide bonds. The van der Waals surface area contributed by atoms with Gasteiger partial charge in [0.15, 0.2) is 5.76 Å². The van der Waals surface area contributed by atoms with Crippen molar-refractivity contribution >= 4 is 22.6 Å². The van der Waals surface area contributed by atoms with Crippen LogP contribution in [0.25, 0.3) is 22.3 Å². The lowest BCUT2D eigenvalue weighted by molar-refractivity contribution is 0.474. The highest BCUT2D eigenvalue weighted by molar-refractivity contribution is 6.33. The van der Waals surface area contributed by atoms with Crippen LogP contribution in [0.1, 0.15) is 0 Å². The number of hydrogen-bond donors (Lipinski definition) is 1. The Morgan fingerprint density at radius 1 is 1.05 bits per heavy atom. The van der Waals surface area contributed by atoms with Crippen molar-refractivity contribution in [2.75, 3.05) is 0 Å². The van der Waals surface area contributed by atoms with E-state index in [9.17, 15) is 9.90 Å². The van der Waals surface area contributed by atoms with Crippen molar-refractivity contribution in [3.63, 3.8) is 0 Å². The number of halogens is 1. The summed E-state index contributed by atoms with van der Waals surface area (Å²) in [6.07, 6.45) is 0. The van der Waals surface area contributed by atoms with Gasteiger partial charge in [-0.25, -0.2) is 0 Å². The van der Waals surface area contributed by atoms with Crippen LogP contribution in [0.2, 0.25) is 5.02 Å². The normalized spacial score (nSPS) is 10.8. The van der Waals surface area contributed by atoms with E-state index in [2.05, 4.69) is 0 Å². The predicted octanol–water partition coefficient (Wildman–Crippen LogP) is 3.82. The Bertz CT molecular complexity index is 807. The lowest BCUT2D eigenvalue weighted by atomic mass is 10.1. The van der Waals surface area contributed by atoms with Crippen LogP contribution in [0.5, 0.6) is 5.75 Å². The molecule has 0 bridgehead atoms. The Kier molecular flexibility index (Phi) is 2.76. The molecule has 0 aliphatic carbocycles. The third kappa shape index (κ3) is 1.98. The molecule has 0 saturated carbocycles. The second kappa shape index (κ2) is 4.44. The minimum absolute atomic E-state index is 0.0389. The van der Waals surface area contributed by atoms with Gasteiger partial charge in [0, 0.05) is 11.6 Å². The molecule has 0 fully saturated rings. The van der Waals surface area contributed by atoms with E-state index in [1.54, 1.807) is 12.1 Å². The molecule has 0 aliphatic heterocycles. The summed E-state index contributed by atoms with van der Waals surface area (Å²) in [6.45, 7) is 0. The van der Waals surface area contributed by atoms with Crippen LogP contribution >= 0.6 is 11.6 Å². The SMILES string of the molecule is O=c1c(Cl)c(-c2ccccc2)oc2cc(O)ccc12. The average Bonchev–Trinajstić information content (AvgIpc) is 2.43. The predicted molar refractivity (Wildman–Crippen MR) is 74.6 cm³/mol. The van der Waals surface area contributed by atoms with E-state index in [1.807, 2.05) is 18.2 Å². The van der Waals surface area contributed by atoms with E-state index < -0.39 is 0 Å². The molecule has 3 nitrogen and oxygen atoms in total. The van der Waals surface area contributed by atoms with Crippen molar-refractivity contribution in [2.45, 2.75) is 0 Å². The van der Waals surface area contributed by atoms with Gasteiger partial charge >= 0.3 is 0 Å². The highest BCUT2D eigenvalue weighted by Gasteiger charge is 2.14. The fourth-order valence-electron chi connectivity index (χ4n) is 1.93. The molecule has 2 aromatic carbocycles. The zero-order chi connectivity index (χ0) is 13.4. The second-order valence-electron chi connectivity index (χ2n) is 4.12. The summed E-state index contributed by atoms with van der Waals surface area (Å²) in [7, 11) is 0. The van der Waals surface area contributed by atoms with Gasteiger partial charge in [0.05, 0.1) is 5.39 Å². The summed E-state index contributed by atoms with van der Waals surface area (Å²) in [6, 6.07) is 13.5. The smallest absolute Gasteiger partial charge is 0.211 e. The van der Waals surface area contributed by atoms with Crippen molar-refractivity contribution in [1.82, 2.24) is 0 Å². The highest BCUT2D eigenvalue weighted by atomic mass is 35.5. The van der Waals surface area contributed by atoms with Crippen LogP contribution < -0.4 is 5.43 Å². The molecule has 4 heteroatoms. The first-order chi connectivity index (χ1) is 9.16. The third-order valence-electron chi connectivity index (χ3n) is 2.86. The topological polar surface area (TPSA) is 50.4 Å². The number of aromatic hydroxyl groups is 1. The first-order valence-electron chi connectivity index (χ1n) is 5.67. The molecule has 3 aromatic rings. The second-order valence-corrected chi connectivity index (χ2v) is 4.50. The molecule has 0 unspecified atom stereocenters. The lowest BCUT2D eigenvalue weighted by Crippen LogP contribution is -2.03. The fourth-order valence-corrected chi connectivity index (χ4v) is 2.18. The molecule has 0 atom stereocenters. The molecule has 0 radical (unpaired) electrons. The summed E-state index contributed by atoms with van der Waals surface area (Å²) >= 11 is 6.08. The van der Waals surface area contributed by atoms with Crippen molar-refractivity contribution in [3.05, 3.63) is 63.8 Å². The van der Waals surface area contributed by atoms with E-state index in [0.29, 0.717) is 16.7 Å². The Balaban J connectivity index is 2.38. The summed E-state index contributed by atoms with van der Waals surface area (Å²) in [5, 5.41) is 9.85. The maximum absolute atomic E-state index is 12.2. The quantitative estimate of drug-likeness (QED) is 0.733. The summed E-state index contributed by atoms with van der Waals surface area (Å²) < 4.78 is 5.65. The van der Waals surface area contributed by atoms with Crippen LogP contribution in [0.4, 0.5) is 0 Å². The fraction of sp³-hybridized carbons (Fsp3) is 0. The van der Waals surface area contributed by atoms with Crippen LogP contribution in [-0.4, -0.2) is 5.11 Å². The van der Waals surface area contributed by atoms with Gasteiger partial charge in [-0.2, -0.15) is 0 Å². The molecule has 1 heterocycles. The molecule has 0 spiro atoms. The summed E-state index contributed by atoms with van der Waals surface area (Å²) in [5.74, 6) is 0.349. The van der Waals surface area contributed by atoms with Crippen molar-refractivity contribution in [1.29, 1.82) is 0 Å². The third-order valence-corrected chi connectivity index (χ3v) is 3.20. The van der Waals surface area contributed by atoms with Crippen LogP contribution in [-0.2, 0) is 0 Å². The summed E-state index contributed by atoms with van der Waals surface area (Å²) in [5.41, 5.74) is 0.727. The minimum atomic E-state index is -0.304. The zero-order valence-electron chi connectivity index (χ0n) is 9.76. The number of rotatable bonds is 1. The Morgan fingerprint density at radius 3 is 2.53 bits per heavy atom. The Morgan fingerprint density at radius 2 is 1.79 bits per heavy atom. The average molecular weight is 273 g/mol. The van der Waals surface area contributed by atoms with Gasteiger partial charge in [0.1, 0.15) is 16.4 Å². The first-order valence-corrected chi connectivity index (χ1v) is 6.05. The Labute approximate surface area is 113 Å². The monoisotopic (exact) mass is 272 g/mol. The number of phenols is 1. The van der Waals surface area contributed by atoms with Crippen molar-refractivity contribution in [3.8, 4) is 17.1 Å². The van der Waals surface area contributed by atoms with E-state index in [-0.39, 0.29) is 16.2 Å². The number of fused-ring (bicyclic) bond motifs is 1. The van der Waals surface area contributed by atoms with E-state index in [4.69, 9.17) is 16.0 Å². The molecular formula is C15H9ClO3. The van der Waals surface area contributed by atoms with Crippen molar-refractivity contribution in [2.24, 2.45) is 0 Å². The van der Waals surface area contributed by atoms with Crippen molar-refractivity contribution < 1.29 is 9.52 Å². The minimum Gasteiger partial charge on any atom is -0.508 e. The van der Waals surface area contributed by atoms with E-state index in [1.165, 1.54) is 18.2 Å². The molecule has 19 heavy (non-hydrogen) atoms. The van der Waals surface area contributed by atoms with E-state index in [0.717, 1.165) is 5.56 Å². The molecule has 0 aliphatic rings. The van der Waals surface area contributed by atoms with Crippen LogP contribution in [0.3, 0.4) is 0 Å². The van der Waals surface area contributed by atoms with Crippen LogP contribution in [0.15, 0.2) is 57.7 Å². The zero-order valence-corrected chi connectivity index (χ0v) is 10.5. The molecule has 0 saturated heterocycles. The maximum atomic E-state index is 12.2. The lowest BCUT2D eigenvalue weighted by Gasteiger charge is -2.05. The van der Waals surface area contributed by atoms with Gasteiger partial charge in [-0.05, 0) is 12.1 Å². The highest BCUT2D eigenvalue weighted by Crippen LogP contribution is 2.29. The maximum Gasteiger partial charge on any atom is 0.211 e. The summed E-state index contributed by atoms with van der Waals surface area (Å²) in [4.78, 5) is 12.2. The van der Waals surface area contributed by atoms with Gasteiger partial charge in [-0.1, -0.05) is 41.9 Å². The van der Waals surface area contributed by atoms with Gasteiger partial charge in [0.25, 0.3) is 0 Å². The number of benzene rings is 2. The largest absolute Gasteiger partial charge is 0.508 e. The van der Waals surface area contributed by atoms with Gasteiger partial charge in [0.2, 0.25) is 5.43 Å². The molecule has 1 N–H and O–H groups in total. The van der Waals surface area contributed by atoms with Crippen LogP contribution in [0, 0.1) is 0 Å². The van der Waals surface area contributed by atoms with Gasteiger partial charge < -0.3 is 9.52 Å².